The number of aliphatic hydroxyl groups excluding tert-OH is 1. The van der Waals surface area contributed by atoms with Crippen LogP contribution in [0.15, 0.2) is 30.5 Å². The van der Waals surface area contributed by atoms with Crippen molar-refractivity contribution in [2.75, 3.05) is 5.73 Å². The quantitative estimate of drug-likeness (QED) is 0.696. The zero-order valence-corrected chi connectivity index (χ0v) is 11.3. The smallest absolute Gasteiger partial charge is 0.135 e. The Kier molecular flexibility index (Phi) is 3.15. The Bertz CT molecular complexity index is 743. The molecule has 3 N–H and O–H groups in total. The summed E-state index contributed by atoms with van der Waals surface area (Å²) in [5.74, 6) is 0.660. The molecule has 0 unspecified atom stereocenters. The highest BCUT2D eigenvalue weighted by Crippen LogP contribution is 2.19. The number of anilines is 1. The van der Waals surface area contributed by atoms with Crippen molar-refractivity contribution in [1.29, 1.82) is 0 Å². The van der Waals surface area contributed by atoms with Crippen molar-refractivity contribution < 1.29 is 5.11 Å². The van der Waals surface area contributed by atoms with E-state index in [9.17, 15) is 5.11 Å². The molecule has 0 amide bonds. The Hall–Kier alpha value is -2.34. The maximum Gasteiger partial charge on any atom is 0.135 e. The molecule has 0 radical (unpaired) electrons. The van der Waals surface area contributed by atoms with Crippen molar-refractivity contribution in [3.05, 3.63) is 42.0 Å². The number of nitrogen functional groups attached to an aromatic ring is 1. The van der Waals surface area contributed by atoms with Gasteiger partial charge in [0, 0.05) is 37.6 Å². The summed E-state index contributed by atoms with van der Waals surface area (Å²) >= 11 is 0. The first kappa shape index (κ1) is 12.7. The third kappa shape index (κ3) is 2.14. The molecule has 0 saturated heterocycles. The summed E-state index contributed by atoms with van der Waals surface area (Å²) in [7, 11) is 1.93. The van der Waals surface area contributed by atoms with Gasteiger partial charge in [-0.25, -0.2) is 4.98 Å². The molecule has 0 aliphatic carbocycles. The van der Waals surface area contributed by atoms with Crippen LogP contribution in [0.1, 0.15) is 11.5 Å². The van der Waals surface area contributed by atoms with Gasteiger partial charge in [-0.3, -0.25) is 4.68 Å². The number of hydrogen-bond acceptors (Lipinski definition) is 4. The number of rotatable bonds is 4. The number of benzene rings is 1. The van der Waals surface area contributed by atoms with Gasteiger partial charge in [0.25, 0.3) is 0 Å². The molecule has 1 aromatic carbocycles. The molecule has 0 atom stereocenters. The normalized spacial score (nSPS) is 11.3. The number of aromatic nitrogens is 4. The molecule has 0 fully saturated rings. The Balaban J connectivity index is 1.95. The van der Waals surface area contributed by atoms with Crippen LogP contribution in [0.5, 0.6) is 0 Å². The highest BCUT2D eigenvalue weighted by Gasteiger charge is 2.10. The highest BCUT2D eigenvalue weighted by molar-refractivity contribution is 5.79. The highest BCUT2D eigenvalue weighted by atomic mass is 16.3. The van der Waals surface area contributed by atoms with Gasteiger partial charge >= 0.3 is 0 Å². The summed E-state index contributed by atoms with van der Waals surface area (Å²) in [5, 5.41) is 13.6. The lowest BCUT2D eigenvalue weighted by molar-refractivity contribution is 0.266. The van der Waals surface area contributed by atoms with E-state index in [0.29, 0.717) is 11.5 Å². The molecule has 6 heteroatoms. The van der Waals surface area contributed by atoms with Crippen LogP contribution in [0, 0.1) is 0 Å². The van der Waals surface area contributed by atoms with E-state index in [0.717, 1.165) is 29.7 Å². The fraction of sp³-hybridized carbons (Fsp3) is 0.286. The van der Waals surface area contributed by atoms with Gasteiger partial charge in [-0.2, -0.15) is 5.10 Å². The van der Waals surface area contributed by atoms with Gasteiger partial charge in [-0.1, -0.05) is 0 Å². The predicted octanol–water partition coefficient (Wildman–Crippen LogP) is 1.09. The SMILES string of the molecule is Cn1nccc1CCn1c(CO)nc2cc(N)ccc21. The molecule has 0 saturated carbocycles. The fourth-order valence-electron chi connectivity index (χ4n) is 2.44. The Morgan fingerprint density at radius 2 is 2.15 bits per heavy atom. The zero-order valence-electron chi connectivity index (χ0n) is 11.3. The number of hydrogen-bond donors (Lipinski definition) is 2. The van der Waals surface area contributed by atoms with Crippen LogP contribution in [0.3, 0.4) is 0 Å². The van der Waals surface area contributed by atoms with Crippen LogP contribution >= 0.6 is 0 Å². The lowest BCUT2D eigenvalue weighted by Gasteiger charge is -2.08. The van der Waals surface area contributed by atoms with Gasteiger partial charge in [0.05, 0.1) is 11.0 Å². The van der Waals surface area contributed by atoms with Crippen LogP contribution in [-0.2, 0) is 26.6 Å². The molecule has 104 valence electrons. The maximum atomic E-state index is 9.47. The number of fused-ring (bicyclic) bond motifs is 1. The molecule has 0 aliphatic heterocycles. The van der Waals surface area contributed by atoms with Gasteiger partial charge in [-0.05, 0) is 24.3 Å². The van der Waals surface area contributed by atoms with Crippen molar-refractivity contribution in [2.45, 2.75) is 19.6 Å². The summed E-state index contributed by atoms with van der Waals surface area (Å²) < 4.78 is 3.89. The summed E-state index contributed by atoms with van der Waals surface area (Å²) in [4.78, 5) is 4.42. The van der Waals surface area contributed by atoms with E-state index in [-0.39, 0.29) is 6.61 Å². The van der Waals surface area contributed by atoms with E-state index in [1.807, 2.05) is 40.6 Å². The summed E-state index contributed by atoms with van der Waals surface area (Å²) in [6.07, 6.45) is 2.62. The zero-order chi connectivity index (χ0) is 14.1. The molecule has 6 nitrogen and oxygen atoms in total. The van der Waals surface area contributed by atoms with Crippen LogP contribution < -0.4 is 5.73 Å². The van der Waals surface area contributed by atoms with Crippen molar-refractivity contribution in [3.63, 3.8) is 0 Å². The largest absolute Gasteiger partial charge is 0.399 e. The van der Waals surface area contributed by atoms with E-state index in [2.05, 4.69) is 10.1 Å². The van der Waals surface area contributed by atoms with Gasteiger partial charge in [0.2, 0.25) is 0 Å². The van der Waals surface area contributed by atoms with Crippen molar-refractivity contribution in [2.24, 2.45) is 7.05 Å². The molecule has 0 spiro atoms. The average molecular weight is 271 g/mol. The second-order valence-electron chi connectivity index (χ2n) is 4.78. The Morgan fingerprint density at radius 3 is 2.85 bits per heavy atom. The van der Waals surface area contributed by atoms with E-state index in [1.54, 1.807) is 6.20 Å². The maximum absolute atomic E-state index is 9.47. The average Bonchev–Trinajstić information content (AvgIpc) is 2.99. The van der Waals surface area contributed by atoms with Gasteiger partial charge in [0.15, 0.2) is 0 Å². The molecule has 20 heavy (non-hydrogen) atoms. The van der Waals surface area contributed by atoms with Crippen molar-refractivity contribution in [3.8, 4) is 0 Å². The lowest BCUT2D eigenvalue weighted by Crippen LogP contribution is -2.08. The van der Waals surface area contributed by atoms with Gasteiger partial charge in [0.1, 0.15) is 12.4 Å². The van der Waals surface area contributed by atoms with Crippen LogP contribution in [0.2, 0.25) is 0 Å². The second-order valence-corrected chi connectivity index (χ2v) is 4.78. The van der Waals surface area contributed by atoms with E-state index in [1.165, 1.54) is 0 Å². The molecular weight excluding hydrogens is 254 g/mol. The number of nitrogens with zero attached hydrogens (tertiary/aromatic N) is 4. The minimum absolute atomic E-state index is 0.0834. The van der Waals surface area contributed by atoms with Crippen molar-refractivity contribution >= 4 is 16.7 Å². The van der Waals surface area contributed by atoms with E-state index >= 15 is 0 Å². The van der Waals surface area contributed by atoms with Crippen LogP contribution in [0.25, 0.3) is 11.0 Å². The third-order valence-corrected chi connectivity index (χ3v) is 3.51. The van der Waals surface area contributed by atoms with Gasteiger partial charge in [-0.15, -0.1) is 0 Å². The topological polar surface area (TPSA) is 81.9 Å². The third-order valence-electron chi connectivity index (χ3n) is 3.51. The first-order valence-electron chi connectivity index (χ1n) is 6.51. The molecule has 2 aromatic heterocycles. The molecule has 0 aliphatic rings. The summed E-state index contributed by atoms with van der Waals surface area (Å²) in [5.41, 5.74) is 9.41. The Labute approximate surface area is 116 Å². The monoisotopic (exact) mass is 271 g/mol. The molecule has 2 heterocycles. The lowest BCUT2D eigenvalue weighted by atomic mass is 10.2. The van der Waals surface area contributed by atoms with Crippen molar-refractivity contribution in [1.82, 2.24) is 19.3 Å². The first-order chi connectivity index (χ1) is 9.69. The first-order valence-corrected chi connectivity index (χ1v) is 6.51. The standard InChI is InChI=1S/C14H17N5O/c1-18-11(4-6-16-18)5-7-19-13-3-2-10(15)8-12(13)17-14(19)9-20/h2-4,6,8,20H,5,7,9,15H2,1H3. The minimum atomic E-state index is -0.0834. The van der Waals surface area contributed by atoms with Crippen LogP contribution in [-0.4, -0.2) is 24.4 Å². The number of nitrogens with two attached hydrogens (primary N) is 1. The fourth-order valence-corrected chi connectivity index (χ4v) is 2.44. The van der Waals surface area contributed by atoms with Crippen LogP contribution in [0.4, 0.5) is 5.69 Å². The molecule has 3 rings (SSSR count). The minimum Gasteiger partial charge on any atom is -0.399 e. The second kappa shape index (κ2) is 4.97. The predicted molar refractivity (Wildman–Crippen MR) is 77.0 cm³/mol. The summed E-state index contributed by atoms with van der Waals surface area (Å²) in [6, 6.07) is 7.62. The summed E-state index contributed by atoms with van der Waals surface area (Å²) in [6.45, 7) is 0.663. The van der Waals surface area contributed by atoms with E-state index < -0.39 is 0 Å². The Morgan fingerprint density at radius 1 is 1.30 bits per heavy atom. The number of aryl methyl sites for hydroxylation is 3. The number of imidazole rings is 1. The van der Waals surface area contributed by atoms with Gasteiger partial charge < -0.3 is 15.4 Å². The number of aliphatic hydroxyl groups is 1. The molecule has 0 bridgehead atoms. The molecule has 3 aromatic rings. The van der Waals surface area contributed by atoms with E-state index in [4.69, 9.17) is 5.73 Å². The molecular formula is C14H17N5O.